The molecule has 0 spiro atoms. The Kier molecular flexibility index (Phi) is 10.2. The maximum atomic E-state index is 13.2. The van der Waals surface area contributed by atoms with Crippen LogP contribution in [-0.4, -0.2) is 83.6 Å². The monoisotopic (exact) mass is 586 g/mol. The summed E-state index contributed by atoms with van der Waals surface area (Å²) in [5.41, 5.74) is 2.19. The predicted octanol–water partition coefficient (Wildman–Crippen LogP) is 5.21. The smallest absolute Gasteiger partial charge is 0.410 e. The van der Waals surface area contributed by atoms with E-state index in [1.165, 1.54) is 16.0 Å². The number of hydrogen-bond donors (Lipinski definition) is 2. The van der Waals surface area contributed by atoms with Crippen molar-refractivity contribution >= 4 is 12.2 Å². The number of hydrogen-bond acceptors (Lipinski definition) is 6. The van der Waals surface area contributed by atoms with Crippen molar-refractivity contribution in [1.29, 1.82) is 0 Å². The standard InChI is InChI=1S/C34H42N4O5/c1-42-31-15-13-27(14-16-31)23-34(18-8-20-38(34)33(40)41)43-32(39)35-19-17-30-26-36(24-28-9-4-2-5-10-28)21-22-37(30)25-29-11-6-3-7-12-29/h2-7,9-16,30H,8,17-26H2,1H3,(H,35,39)(H,40,41)/t30-,34?/m0/s1. The van der Waals surface area contributed by atoms with Gasteiger partial charge in [0.15, 0.2) is 5.72 Å². The molecular formula is C34H42N4O5. The second-order valence-electron chi connectivity index (χ2n) is 11.4. The van der Waals surface area contributed by atoms with Crippen LogP contribution in [-0.2, 0) is 24.2 Å². The van der Waals surface area contributed by atoms with E-state index in [0.717, 1.165) is 44.7 Å². The number of nitrogens with one attached hydrogen (secondary N) is 1. The van der Waals surface area contributed by atoms with E-state index in [4.69, 9.17) is 9.47 Å². The number of carbonyl (C=O) groups excluding carboxylic acids is 1. The first-order chi connectivity index (χ1) is 20.9. The zero-order valence-electron chi connectivity index (χ0n) is 24.9. The molecule has 3 aromatic carbocycles. The number of likely N-dealkylation sites (tertiary alicyclic amines) is 1. The van der Waals surface area contributed by atoms with Gasteiger partial charge in [-0.25, -0.2) is 9.59 Å². The topological polar surface area (TPSA) is 94.6 Å². The van der Waals surface area contributed by atoms with E-state index >= 15 is 0 Å². The Hall–Kier alpha value is -4.08. The van der Waals surface area contributed by atoms with Crippen LogP contribution in [0.15, 0.2) is 84.9 Å². The van der Waals surface area contributed by atoms with E-state index in [1.54, 1.807) is 7.11 Å². The molecule has 0 radical (unpaired) electrons. The van der Waals surface area contributed by atoms with Gasteiger partial charge in [0.25, 0.3) is 0 Å². The average molecular weight is 587 g/mol. The van der Waals surface area contributed by atoms with Crippen molar-refractivity contribution < 1.29 is 24.2 Å². The molecule has 2 N–H and O–H groups in total. The number of rotatable bonds is 11. The van der Waals surface area contributed by atoms with Gasteiger partial charge in [0.2, 0.25) is 0 Å². The van der Waals surface area contributed by atoms with Gasteiger partial charge in [-0.05, 0) is 41.7 Å². The Morgan fingerprint density at radius 3 is 2.21 bits per heavy atom. The lowest BCUT2D eigenvalue weighted by Crippen LogP contribution is -2.54. The lowest BCUT2D eigenvalue weighted by molar-refractivity contribution is -0.0741. The number of piperazine rings is 1. The summed E-state index contributed by atoms with van der Waals surface area (Å²) >= 11 is 0. The summed E-state index contributed by atoms with van der Waals surface area (Å²) in [5, 5.41) is 12.9. The molecular weight excluding hydrogens is 544 g/mol. The Labute approximate surface area is 254 Å². The van der Waals surface area contributed by atoms with Crippen molar-refractivity contribution in [3.63, 3.8) is 0 Å². The number of carbonyl (C=O) groups is 2. The number of benzene rings is 3. The van der Waals surface area contributed by atoms with Crippen LogP contribution in [0.4, 0.5) is 9.59 Å². The molecule has 0 saturated carbocycles. The van der Waals surface area contributed by atoms with Crippen molar-refractivity contribution in [2.75, 3.05) is 39.8 Å². The molecule has 228 valence electrons. The number of carboxylic acid groups (broad SMARTS) is 1. The largest absolute Gasteiger partial charge is 0.497 e. The van der Waals surface area contributed by atoms with Crippen LogP contribution < -0.4 is 10.1 Å². The first kappa shape index (κ1) is 30.4. The molecule has 2 atom stereocenters. The minimum atomic E-state index is -1.25. The maximum absolute atomic E-state index is 13.2. The van der Waals surface area contributed by atoms with Crippen molar-refractivity contribution in [2.24, 2.45) is 0 Å². The molecule has 0 bridgehead atoms. The maximum Gasteiger partial charge on any atom is 0.410 e. The molecule has 2 aliphatic rings. The molecule has 2 aliphatic heterocycles. The Balaban J connectivity index is 1.22. The van der Waals surface area contributed by atoms with Crippen molar-refractivity contribution in [3.8, 4) is 5.75 Å². The summed E-state index contributed by atoms with van der Waals surface area (Å²) in [6.45, 7) is 5.32. The molecule has 43 heavy (non-hydrogen) atoms. The van der Waals surface area contributed by atoms with Gasteiger partial charge in [0.05, 0.1) is 7.11 Å². The summed E-state index contributed by atoms with van der Waals surface area (Å²) < 4.78 is 11.2. The van der Waals surface area contributed by atoms with E-state index in [0.29, 0.717) is 31.7 Å². The second kappa shape index (κ2) is 14.4. The third-order valence-corrected chi connectivity index (χ3v) is 8.51. The van der Waals surface area contributed by atoms with Crippen LogP contribution in [0.1, 0.15) is 36.0 Å². The molecule has 2 heterocycles. The summed E-state index contributed by atoms with van der Waals surface area (Å²) in [5.74, 6) is 0.712. The van der Waals surface area contributed by atoms with Crippen LogP contribution in [0.5, 0.6) is 5.75 Å². The first-order valence-corrected chi connectivity index (χ1v) is 15.1. The lowest BCUT2D eigenvalue weighted by Gasteiger charge is -2.42. The number of ether oxygens (including phenoxy) is 2. The van der Waals surface area contributed by atoms with Crippen LogP contribution in [0.25, 0.3) is 0 Å². The highest BCUT2D eigenvalue weighted by molar-refractivity contribution is 5.70. The minimum Gasteiger partial charge on any atom is -0.497 e. The van der Waals surface area contributed by atoms with Crippen molar-refractivity contribution in [1.82, 2.24) is 20.0 Å². The molecule has 0 aliphatic carbocycles. The molecule has 2 amide bonds. The fraction of sp³-hybridized carbons (Fsp3) is 0.412. The summed E-state index contributed by atoms with van der Waals surface area (Å²) in [6.07, 6.45) is 0.425. The van der Waals surface area contributed by atoms with Crippen LogP contribution in [0.2, 0.25) is 0 Å². The Morgan fingerprint density at radius 2 is 1.56 bits per heavy atom. The molecule has 0 aromatic heterocycles. The molecule has 5 rings (SSSR count). The van der Waals surface area contributed by atoms with E-state index in [9.17, 15) is 14.7 Å². The van der Waals surface area contributed by atoms with Gasteiger partial charge in [-0.1, -0.05) is 72.8 Å². The molecule has 2 saturated heterocycles. The summed E-state index contributed by atoms with van der Waals surface area (Å²) in [4.78, 5) is 31.6. The van der Waals surface area contributed by atoms with Gasteiger partial charge in [-0.2, -0.15) is 0 Å². The highest BCUT2D eigenvalue weighted by Crippen LogP contribution is 2.35. The number of nitrogens with zero attached hydrogens (tertiary/aromatic N) is 3. The highest BCUT2D eigenvalue weighted by atomic mass is 16.6. The van der Waals surface area contributed by atoms with Crippen LogP contribution in [0.3, 0.4) is 0 Å². The first-order valence-electron chi connectivity index (χ1n) is 15.1. The number of alkyl carbamates (subject to hydrolysis) is 1. The van der Waals surface area contributed by atoms with E-state index < -0.39 is 17.9 Å². The molecule has 1 unspecified atom stereocenters. The third kappa shape index (κ3) is 8.06. The van der Waals surface area contributed by atoms with Crippen LogP contribution in [0, 0.1) is 0 Å². The van der Waals surface area contributed by atoms with Gasteiger partial charge in [0.1, 0.15) is 5.75 Å². The fourth-order valence-electron chi connectivity index (χ4n) is 6.30. The summed E-state index contributed by atoms with van der Waals surface area (Å²) in [6, 6.07) is 28.7. The van der Waals surface area contributed by atoms with E-state index in [1.807, 2.05) is 36.4 Å². The highest BCUT2D eigenvalue weighted by Gasteiger charge is 2.47. The predicted molar refractivity (Wildman–Crippen MR) is 165 cm³/mol. The SMILES string of the molecule is COc1ccc(CC2(OC(=O)NCC[C@H]3CN(Cc4ccccc4)CCN3Cc3ccccc3)CCCN2C(=O)O)cc1. The molecule has 9 heteroatoms. The normalized spacial score (nSPS) is 21.0. The van der Waals surface area contributed by atoms with Gasteiger partial charge in [-0.3, -0.25) is 14.7 Å². The van der Waals surface area contributed by atoms with Gasteiger partial charge >= 0.3 is 12.2 Å². The van der Waals surface area contributed by atoms with E-state index in [-0.39, 0.29) is 12.5 Å². The van der Waals surface area contributed by atoms with Gasteiger partial charge in [0, 0.05) is 64.7 Å². The Bertz CT molecular complexity index is 1320. The van der Waals surface area contributed by atoms with E-state index in [2.05, 4.69) is 63.6 Å². The number of methoxy groups -OCH3 is 1. The third-order valence-electron chi connectivity index (χ3n) is 8.51. The van der Waals surface area contributed by atoms with Crippen molar-refractivity contribution in [2.45, 2.75) is 50.5 Å². The average Bonchev–Trinajstić information content (AvgIpc) is 3.42. The molecule has 2 fully saturated rings. The lowest BCUT2D eigenvalue weighted by atomic mass is 9.99. The Morgan fingerprint density at radius 1 is 0.884 bits per heavy atom. The van der Waals surface area contributed by atoms with Crippen LogP contribution >= 0.6 is 0 Å². The number of amides is 2. The van der Waals surface area contributed by atoms with Gasteiger partial charge < -0.3 is 19.9 Å². The zero-order chi connectivity index (χ0) is 30.1. The van der Waals surface area contributed by atoms with Crippen molar-refractivity contribution in [3.05, 3.63) is 102 Å². The molecule has 3 aromatic rings. The minimum absolute atomic E-state index is 0.244. The fourth-order valence-corrected chi connectivity index (χ4v) is 6.30. The second-order valence-corrected chi connectivity index (χ2v) is 11.4. The molecule has 9 nitrogen and oxygen atoms in total. The zero-order valence-corrected chi connectivity index (χ0v) is 24.9. The summed E-state index contributed by atoms with van der Waals surface area (Å²) in [7, 11) is 1.60. The van der Waals surface area contributed by atoms with Gasteiger partial charge in [-0.15, -0.1) is 0 Å². The quantitative estimate of drug-likeness (QED) is 0.319.